The topological polar surface area (TPSA) is 84.7 Å². The van der Waals surface area contributed by atoms with Crippen LogP contribution in [0, 0.1) is 18.3 Å². The lowest BCUT2D eigenvalue weighted by molar-refractivity contribution is -0.126. The van der Waals surface area contributed by atoms with Crippen LogP contribution in [0.25, 0.3) is 0 Å². The van der Waals surface area contributed by atoms with E-state index in [1.807, 2.05) is 30.3 Å². The van der Waals surface area contributed by atoms with Gasteiger partial charge in [-0.1, -0.05) is 30.3 Å². The van der Waals surface area contributed by atoms with Crippen LogP contribution in [-0.4, -0.2) is 55.6 Å². The fraction of sp³-hybridized carbons (Fsp3) is 0.609. The van der Waals surface area contributed by atoms with E-state index in [-0.39, 0.29) is 17.9 Å². The minimum absolute atomic E-state index is 0.0303. The number of nitrogens with two attached hydrogens (primary N) is 1. The first-order chi connectivity index (χ1) is 14.1. The number of likely N-dealkylation sites (tertiary alicyclic amines) is 1. The molecule has 29 heavy (non-hydrogen) atoms. The van der Waals surface area contributed by atoms with Gasteiger partial charge in [-0.15, -0.1) is 0 Å². The van der Waals surface area contributed by atoms with E-state index < -0.39 is 0 Å². The predicted molar refractivity (Wildman–Crippen MR) is 113 cm³/mol. The lowest BCUT2D eigenvalue weighted by Crippen LogP contribution is -2.51. The highest BCUT2D eigenvalue weighted by Crippen LogP contribution is 2.27. The third-order valence-electron chi connectivity index (χ3n) is 6.20. The van der Waals surface area contributed by atoms with Crippen LogP contribution in [0.1, 0.15) is 37.7 Å². The molecule has 3 rings (SSSR count). The standard InChI is InChI=1S/C23H34N3O3/c24-23(28)21-16-19(9-13-26(21)17-20-10-14-29-15-11-20)8-12-25-22(27)7-6-18-4-2-1-3-5-18/h1-5,7,19-21H,6,8-17H2,(H2,24,28)(H,25,27). The summed E-state index contributed by atoms with van der Waals surface area (Å²) in [5, 5.41) is 2.98. The smallest absolute Gasteiger partial charge is 0.234 e. The third-order valence-corrected chi connectivity index (χ3v) is 6.20. The molecule has 2 atom stereocenters. The summed E-state index contributed by atoms with van der Waals surface area (Å²) in [7, 11) is 0. The highest BCUT2D eigenvalue weighted by molar-refractivity contribution is 5.84. The van der Waals surface area contributed by atoms with Gasteiger partial charge >= 0.3 is 0 Å². The Bertz CT molecular complexity index is 646. The van der Waals surface area contributed by atoms with E-state index in [9.17, 15) is 9.59 Å². The van der Waals surface area contributed by atoms with Crippen LogP contribution in [0.3, 0.4) is 0 Å². The second kappa shape index (κ2) is 11.3. The number of ether oxygens (including phenoxy) is 1. The first kappa shape index (κ1) is 21.8. The molecule has 2 heterocycles. The second-order valence-corrected chi connectivity index (χ2v) is 8.33. The highest BCUT2D eigenvalue weighted by atomic mass is 16.5. The molecule has 6 nitrogen and oxygen atoms in total. The molecule has 1 aromatic carbocycles. The lowest BCUT2D eigenvalue weighted by atomic mass is 9.86. The van der Waals surface area contributed by atoms with Crippen molar-refractivity contribution in [3.8, 4) is 0 Å². The summed E-state index contributed by atoms with van der Waals surface area (Å²) >= 11 is 0. The van der Waals surface area contributed by atoms with Crippen LogP contribution in [0.2, 0.25) is 0 Å². The summed E-state index contributed by atoms with van der Waals surface area (Å²) in [5.74, 6) is 0.772. The van der Waals surface area contributed by atoms with Crippen molar-refractivity contribution in [2.45, 2.75) is 44.6 Å². The summed E-state index contributed by atoms with van der Waals surface area (Å²) in [5.41, 5.74) is 6.85. The number of nitrogens with one attached hydrogen (secondary N) is 1. The van der Waals surface area contributed by atoms with Crippen LogP contribution in [-0.2, 0) is 20.7 Å². The number of rotatable bonds is 9. The van der Waals surface area contributed by atoms with Gasteiger partial charge in [0.15, 0.2) is 0 Å². The van der Waals surface area contributed by atoms with Gasteiger partial charge in [0.05, 0.1) is 12.5 Å². The Hall–Kier alpha value is -1.92. The molecule has 1 aromatic rings. The molecule has 2 fully saturated rings. The van der Waals surface area contributed by atoms with Crippen molar-refractivity contribution in [1.82, 2.24) is 10.2 Å². The van der Waals surface area contributed by atoms with Crippen LogP contribution < -0.4 is 11.1 Å². The van der Waals surface area contributed by atoms with Crippen molar-refractivity contribution in [3.05, 3.63) is 42.3 Å². The maximum atomic E-state index is 12.0. The molecule has 2 aliphatic rings. The first-order valence-electron chi connectivity index (χ1n) is 10.9. The molecule has 2 saturated heterocycles. The predicted octanol–water partition coefficient (Wildman–Crippen LogP) is 1.93. The first-order valence-corrected chi connectivity index (χ1v) is 10.9. The molecule has 0 saturated carbocycles. The molecular weight excluding hydrogens is 366 g/mol. The third kappa shape index (κ3) is 7.12. The van der Waals surface area contributed by atoms with Gasteiger partial charge in [-0.05, 0) is 62.5 Å². The fourth-order valence-corrected chi connectivity index (χ4v) is 4.42. The molecule has 2 unspecified atom stereocenters. The Balaban J connectivity index is 1.37. The van der Waals surface area contributed by atoms with Gasteiger partial charge < -0.3 is 15.8 Å². The summed E-state index contributed by atoms with van der Waals surface area (Å²) in [6, 6.07) is 9.77. The summed E-state index contributed by atoms with van der Waals surface area (Å²) in [6.45, 7) is 4.13. The van der Waals surface area contributed by atoms with Crippen LogP contribution in [0.4, 0.5) is 0 Å². The number of amides is 2. The Morgan fingerprint density at radius 1 is 1.14 bits per heavy atom. The van der Waals surface area contributed by atoms with Crippen LogP contribution in [0.5, 0.6) is 0 Å². The average molecular weight is 401 g/mol. The minimum atomic E-state index is -0.220. The van der Waals surface area contributed by atoms with Gasteiger partial charge in [-0.2, -0.15) is 0 Å². The Morgan fingerprint density at radius 3 is 2.62 bits per heavy atom. The zero-order chi connectivity index (χ0) is 20.5. The molecular formula is C23H34N3O3. The molecule has 0 spiro atoms. The van der Waals surface area contributed by atoms with Gasteiger partial charge in [-0.25, -0.2) is 0 Å². The number of nitrogens with zero attached hydrogens (tertiary/aromatic N) is 1. The molecule has 2 amide bonds. The Morgan fingerprint density at radius 2 is 1.90 bits per heavy atom. The van der Waals surface area contributed by atoms with E-state index in [2.05, 4.69) is 10.2 Å². The van der Waals surface area contributed by atoms with E-state index in [4.69, 9.17) is 10.5 Å². The lowest BCUT2D eigenvalue weighted by Gasteiger charge is -2.40. The number of hydrogen-bond donors (Lipinski definition) is 2. The van der Waals surface area contributed by atoms with Crippen molar-refractivity contribution >= 4 is 11.8 Å². The fourth-order valence-electron chi connectivity index (χ4n) is 4.42. The van der Waals surface area contributed by atoms with E-state index in [1.165, 1.54) is 0 Å². The maximum Gasteiger partial charge on any atom is 0.234 e. The van der Waals surface area contributed by atoms with E-state index >= 15 is 0 Å². The molecule has 0 aliphatic carbocycles. The summed E-state index contributed by atoms with van der Waals surface area (Å²) in [4.78, 5) is 26.4. The second-order valence-electron chi connectivity index (χ2n) is 8.33. The zero-order valence-electron chi connectivity index (χ0n) is 17.2. The largest absolute Gasteiger partial charge is 0.381 e. The van der Waals surface area contributed by atoms with Gasteiger partial charge in [0.25, 0.3) is 0 Å². The molecule has 0 bridgehead atoms. The van der Waals surface area contributed by atoms with Crippen LogP contribution >= 0.6 is 0 Å². The summed E-state index contributed by atoms with van der Waals surface area (Å²) < 4.78 is 5.44. The van der Waals surface area contributed by atoms with Crippen molar-refractivity contribution in [2.75, 3.05) is 32.8 Å². The van der Waals surface area contributed by atoms with Crippen LogP contribution in [0.15, 0.2) is 30.3 Å². The number of piperidine rings is 1. The number of carbonyl (C=O) groups is 2. The Labute approximate surface area is 174 Å². The molecule has 2 aliphatic heterocycles. The van der Waals surface area contributed by atoms with Crippen molar-refractivity contribution in [3.63, 3.8) is 0 Å². The van der Waals surface area contributed by atoms with Crippen molar-refractivity contribution in [2.24, 2.45) is 17.6 Å². The monoisotopic (exact) mass is 400 g/mol. The molecule has 6 heteroatoms. The zero-order valence-corrected chi connectivity index (χ0v) is 17.2. The minimum Gasteiger partial charge on any atom is -0.381 e. The molecule has 3 N–H and O–H groups in total. The number of carbonyl (C=O) groups excluding carboxylic acids is 2. The molecule has 1 radical (unpaired) electrons. The highest BCUT2D eigenvalue weighted by Gasteiger charge is 2.33. The molecule has 0 aromatic heterocycles. The number of benzene rings is 1. The van der Waals surface area contributed by atoms with E-state index in [0.29, 0.717) is 24.8 Å². The van der Waals surface area contributed by atoms with Gasteiger partial charge in [0.1, 0.15) is 0 Å². The quantitative estimate of drug-likeness (QED) is 0.663. The molecule has 159 valence electrons. The van der Waals surface area contributed by atoms with E-state index in [0.717, 1.165) is 64.0 Å². The van der Waals surface area contributed by atoms with Gasteiger partial charge in [0.2, 0.25) is 11.8 Å². The van der Waals surface area contributed by atoms with Gasteiger partial charge in [0, 0.05) is 26.3 Å². The number of hydrogen-bond acceptors (Lipinski definition) is 4. The normalized spacial score (nSPS) is 23.6. The van der Waals surface area contributed by atoms with Gasteiger partial charge in [-0.3, -0.25) is 14.5 Å². The van der Waals surface area contributed by atoms with E-state index in [1.54, 1.807) is 6.42 Å². The average Bonchev–Trinajstić information content (AvgIpc) is 2.74. The Kier molecular flexibility index (Phi) is 8.50. The maximum absolute atomic E-state index is 12.0. The summed E-state index contributed by atoms with van der Waals surface area (Å²) in [6.07, 6.45) is 7.20. The number of primary amides is 1. The van der Waals surface area contributed by atoms with Crippen molar-refractivity contribution in [1.29, 1.82) is 0 Å². The SMILES string of the molecule is NC(=O)C1CC(CCNC(=O)[CH]Cc2ccccc2)CCN1CC1CCOCC1. The van der Waals surface area contributed by atoms with Crippen molar-refractivity contribution < 1.29 is 14.3 Å².